The Bertz CT molecular complexity index is 442. The summed E-state index contributed by atoms with van der Waals surface area (Å²) < 4.78 is 4.91. The first kappa shape index (κ1) is 12.9. The highest BCUT2D eigenvalue weighted by atomic mass is 32.1. The SMILES string of the molecule is CC(C)(CNC(=O)c1cccs1)N1CCOC1=O. The average Bonchev–Trinajstić information content (AvgIpc) is 2.96. The Morgan fingerprint density at radius 3 is 2.94 bits per heavy atom. The van der Waals surface area contributed by atoms with Crippen LogP contribution in [0.5, 0.6) is 0 Å². The summed E-state index contributed by atoms with van der Waals surface area (Å²) in [4.78, 5) is 25.6. The number of hydrogen-bond acceptors (Lipinski definition) is 4. The smallest absolute Gasteiger partial charge is 0.410 e. The largest absolute Gasteiger partial charge is 0.448 e. The number of cyclic esters (lactones) is 1. The van der Waals surface area contributed by atoms with Crippen LogP contribution < -0.4 is 5.32 Å². The van der Waals surface area contributed by atoms with E-state index in [4.69, 9.17) is 4.74 Å². The third kappa shape index (κ3) is 2.64. The quantitative estimate of drug-likeness (QED) is 0.904. The van der Waals surface area contributed by atoms with Crippen LogP contribution in [0.2, 0.25) is 0 Å². The highest BCUT2D eigenvalue weighted by molar-refractivity contribution is 7.12. The number of rotatable bonds is 4. The Balaban J connectivity index is 1.92. The third-order valence-electron chi connectivity index (χ3n) is 2.92. The Labute approximate surface area is 110 Å². The molecular formula is C12H16N2O3S. The van der Waals surface area contributed by atoms with Gasteiger partial charge in [-0.25, -0.2) is 4.79 Å². The van der Waals surface area contributed by atoms with Gasteiger partial charge in [0.15, 0.2) is 0 Å². The van der Waals surface area contributed by atoms with Gasteiger partial charge in [0.25, 0.3) is 5.91 Å². The lowest BCUT2D eigenvalue weighted by atomic mass is 10.0. The van der Waals surface area contributed by atoms with Gasteiger partial charge in [-0.15, -0.1) is 11.3 Å². The number of carbonyl (C=O) groups is 2. The van der Waals surface area contributed by atoms with Crippen LogP contribution in [0.4, 0.5) is 4.79 Å². The van der Waals surface area contributed by atoms with E-state index in [0.717, 1.165) is 0 Å². The summed E-state index contributed by atoms with van der Waals surface area (Å²) in [5.74, 6) is -0.106. The zero-order valence-electron chi connectivity index (χ0n) is 10.4. The Morgan fingerprint density at radius 1 is 1.61 bits per heavy atom. The van der Waals surface area contributed by atoms with Gasteiger partial charge in [-0.05, 0) is 25.3 Å². The van der Waals surface area contributed by atoms with Gasteiger partial charge >= 0.3 is 6.09 Å². The second-order valence-corrected chi connectivity index (χ2v) is 5.69. The summed E-state index contributed by atoms with van der Waals surface area (Å²) in [6, 6.07) is 3.61. The summed E-state index contributed by atoms with van der Waals surface area (Å²) in [5.41, 5.74) is -0.444. The number of thiophene rings is 1. The lowest BCUT2D eigenvalue weighted by Crippen LogP contribution is -2.52. The van der Waals surface area contributed by atoms with Crippen molar-refractivity contribution < 1.29 is 14.3 Å². The molecule has 2 rings (SSSR count). The highest BCUT2D eigenvalue weighted by Gasteiger charge is 2.35. The van der Waals surface area contributed by atoms with E-state index >= 15 is 0 Å². The number of amides is 2. The summed E-state index contributed by atoms with van der Waals surface area (Å²) >= 11 is 1.40. The van der Waals surface area contributed by atoms with Gasteiger partial charge in [0, 0.05) is 6.54 Å². The van der Waals surface area contributed by atoms with Crippen molar-refractivity contribution in [2.75, 3.05) is 19.7 Å². The van der Waals surface area contributed by atoms with E-state index < -0.39 is 5.54 Å². The normalized spacial score (nSPS) is 15.7. The summed E-state index contributed by atoms with van der Waals surface area (Å²) in [5, 5.41) is 4.70. The molecule has 1 fully saturated rings. The first-order valence-corrected chi connectivity index (χ1v) is 6.65. The van der Waals surface area contributed by atoms with Crippen molar-refractivity contribution in [1.29, 1.82) is 0 Å². The highest BCUT2D eigenvalue weighted by Crippen LogP contribution is 2.19. The molecule has 0 aliphatic carbocycles. The molecule has 1 aliphatic rings. The maximum atomic E-state index is 11.8. The van der Waals surface area contributed by atoms with Crippen molar-refractivity contribution in [3.63, 3.8) is 0 Å². The molecule has 98 valence electrons. The predicted octanol–water partition coefficient (Wildman–Crippen LogP) is 1.71. The number of hydrogen-bond donors (Lipinski definition) is 1. The van der Waals surface area contributed by atoms with Gasteiger partial charge in [-0.3, -0.25) is 9.69 Å². The Hall–Kier alpha value is -1.56. The van der Waals surface area contributed by atoms with E-state index in [9.17, 15) is 9.59 Å². The molecule has 2 amide bonds. The molecule has 2 heterocycles. The van der Waals surface area contributed by atoms with Crippen molar-refractivity contribution in [1.82, 2.24) is 10.2 Å². The standard InChI is InChI=1S/C12H16N2O3S/c1-12(2,14-5-6-17-11(14)16)8-13-10(15)9-4-3-7-18-9/h3-4,7H,5-6,8H2,1-2H3,(H,13,15). The Kier molecular flexibility index (Phi) is 3.56. The Morgan fingerprint density at radius 2 is 2.39 bits per heavy atom. The van der Waals surface area contributed by atoms with Crippen molar-refractivity contribution in [3.8, 4) is 0 Å². The zero-order chi connectivity index (χ0) is 13.2. The molecule has 6 heteroatoms. The van der Waals surface area contributed by atoms with E-state index in [1.165, 1.54) is 11.3 Å². The lowest BCUT2D eigenvalue weighted by Gasteiger charge is -2.33. The van der Waals surface area contributed by atoms with Crippen LogP contribution in [0, 0.1) is 0 Å². The van der Waals surface area contributed by atoms with Gasteiger partial charge in [0.05, 0.1) is 17.0 Å². The molecule has 5 nitrogen and oxygen atoms in total. The molecule has 0 spiro atoms. The van der Waals surface area contributed by atoms with Crippen LogP contribution in [0.1, 0.15) is 23.5 Å². The van der Waals surface area contributed by atoms with E-state index in [0.29, 0.717) is 24.6 Å². The molecular weight excluding hydrogens is 252 g/mol. The lowest BCUT2D eigenvalue weighted by molar-refractivity contribution is 0.0906. The van der Waals surface area contributed by atoms with Crippen LogP contribution in [0.25, 0.3) is 0 Å². The van der Waals surface area contributed by atoms with Gasteiger partial charge in [0.2, 0.25) is 0 Å². The molecule has 0 saturated carbocycles. The van der Waals surface area contributed by atoms with Gasteiger partial charge < -0.3 is 10.1 Å². The maximum Gasteiger partial charge on any atom is 0.410 e. The average molecular weight is 268 g/mol. The molecule has 0 bridgehead atoms. The zero-order valence-corrected chi connectivity index (χ0v) is 11.3. The topological polar surface area (TPSA) is 58.6 Å². The van der Waals surface area contributed by atoms with E-state index in [1.807, 2.05) is 25.3 Å². The molecule has 0 atom stereocenters. The second-order valence-electron chi connectivity index (χ2n) is 4.74. The predicted molar refractivity (Wildman–Crippen MR) is 68.8 cm³/mol. The van der Waals surface area contributed by atoms with Crippen LogP contribution >= 0.6 is 11.3 Å². The maximum absolute atomic E-state index is 11.8. The number of carbonyl (C=O) groups excluding carboxylic acids is 2. The van der Waals surface area contributed by atoms with Gasteiger partial charge in [-0.1, -0.05) is 6.07 Å². The number of nitrogens with one attached hydrogen (secondary N) is 1. The molecule has 1 aromatic rings. The number of nitrogens with zero attached hydrogens (tertiary/aromatic N) is 1. The van der Waals surface area contributed by atoms with Crippen molar-refractivity contribution in [2.45, 2.75) is 19.4 Å². The molecule has 1 aliphatic heterocycles. The fourth-order valence-corrected chi connectivity index (χ4v) is 2.47. The minimum Gasteiger partial charge on any atom is -0.448 e. The molecule has 1 N–H and O–H groups in total. The van der Waals surface area contributed by atoms with Crippen LogP contribution in [-0.4, -0.2) is 42.1 Å². The molecule has 0 unspecified atom stereocenters. The van der Waals surface area contributed by atoms with Crippen molar-refractivity contribution in [2.24, 2.45) is 0 Å². The molecule has 1 aromatic heterocycles. The van der Waals surface area contributed by atoms with Crippen LogP contribution in [0.3, 0.4) is 0 Å². The van der Waals surface area contributed by atoms with Gasteiger partial charge in [0.1, 0.15) is 6.61 Å². The minimum absolute atomic E-state index is 0.106. The van der Waals surface area contributed by atoms with Crippen molar-refractivity contribution >= 4 is 23.3 Å². The van der Waals surface area contributed by atoms with Crippen LogP contribution in [-0.2, 0) is 4.74 Å². The summed E-state index contributed by atoms with van der Waals surface area (Å²) in [7, 11) is 0. The van der Waals surface area contributed by atoms with Gasteiger partial charge in [-0.2, -0.15) is 0 Å². The molecule has 1 saturated heterocycles. The monoisotopic (exact) mass is 268 g/mol. The van der Waals surface area contributed by atoms with Crippen LogP contribution in [0.15, 0.2) is 17.5 Å². The first-order chi connectivity index (χ1) is 8.50. The fraction of sp³-hybridized carbons (Fsp3) is 0.500. The fourth-order valence-electron chi connectivity index (χ4n) is 1.83. The number of ether oxygens (including phenoxy) is 1. The molecule has 18 heavy (non-hydrogen) atoms. The van der Waals surface area contributed by atoms with Crippen molar-refractivity contribution in [3.05, 3.63) is 22.4 Å². The third-order valence-corrected chi connectivity index (χ3v) is 3.79. The minimum atomic E-state index is -0.444. The first-order valence-electron chi connectivity index (χ1n) is 5.77. The molecule has 0 radical (unpaired) electrons. The van der Waals surface area contributed by atoms with E-state index in [1.54, 1.807) is 11.0 Å². The summed E-state index contributed by atoms with van der Waals surface area (Å²) in [6.45, 7) is 5.21. The second kappa shape index (κ2) is 4.97. The van der Waals surface area contributed by atoms with E-state index in [2.05, 4.69) is 5.32 Å². The summed E-state index contributed by atoms with van der Waals surface area (Å²) in [6.07, 6.45) is -0.314. The van der Waals surface area contributed by atoms with E-state index in [-0.39, 0.29) is 12.0 Å². The molecule has 0 aromatic carbocycles.